The van der Waals surface area contributed by atoms with Gasteiger partial charge < -0.3 is 14.3 Å². The summed E-state index contributed by atoms with van der Waals surface area (Å²) in [6.45, 7) is 1.00. The molecule has 0 spiro atoms. The molecule has 1 amide bonds. The fourth-order valence-electron chi connectivity index (χ4n) is 2.75. The van der Waals surface area contributed by atoms with E-state index in [2.05, 4.69) is 0 Å². The number of ketones is 1. The molecule has 0 aliphatic carbocycles. The molecule has 1 aromatic heterocycles. The van der Waals surface area contributed by atoms with Crippen LogP contribution >= 0.6 is 0 Å². The largest absolute Gasteiger partial charge is 0.480 e. The van der Waals surface area contributed by atoms with Gasteiger partial charge in [-0.1, -0.05) is 42.5 Å². The summed E-state index contributed by atoms with van der Waals surface area (Å²) in [5, 5.41) is 9.70. The molecule has 27 heavy (non-hydrogen) atoms. The third-order valence-electron chi connectivity index (χ3n) is 3.86. The van der Waals surface area contributed by atoms with Crippen LogP contribution in [0.4, 0.5) is 10.5 Å². The van der Waals surface area contributed by atoms with Crippen LogP contribution in [0.5, 0.6) is 0 Å². The molecule has 0 unspecified atom stereocenters. The van der Waals surface area contributed by atoms with E-state index in [0.717, 1.165) is 4.90 Å². The van der Waals surface area contributed by atoms with Crippen LogP contribution in [0.2, 0.25) is 0 Å². The van der Waals surface area contributed by atoms with Crippen molar-refractivity contribution in [2.24, 2.45) is 0 Å². The Kier molecular flexibility index (Phi) is 5.21. The Hall–Kier alpha value is -3.61. The van der Waals surface area contributed by atoms with Crippen molar-refractivity contribution < 1.29 is 28.6 Å². The first-order valence-corrected chi connectivity index (χ1v) is 8.30. The topological polar surface area (TPSA) is 97.0 Å². The monoisotopic (exact) mass is 367 g/mol. The summed E-state index contributed by atoms with van der Waals surface area (Å²) in [7, 11) is 0. The number of nitrogens with zero attached hydrogens (tertiary/aromatic N) is 1. The molecule has 138 valence electrons. The van der Waals surface area contributed by atoms with Crippen molar-refractivity contribution in [3.05, 3.63) is 65.9 Å². The van der Waals surface area contributed by atoms with Crippen LogP contribution in [-0.2, 0) is 9.53 Å². The van der Waals surface area contributed by atoms with Gasteiger partial charge in [0.2, 0.25) is 5.78 Å². The molecule has 3 rings (SSSR count). The van der Waals surface area contributed by atoms with Crippen LogP contribution < -0.4 is 4.90 Å². The summed E-state index contributed by atoms with van der Waals surface area (Å²) in [6.07, 6.45) is -0.867. The number of carboxylic acid groups (broad SMARTS) is 1. The Morgan fingerprint density at radius 2 is 1.70 bits per heavy atom. The van der Waals surface area contributed by atoms with Gasteiger partial charge in [0.1, 0.15) is 17.8 Å². The molecule has 2 aromatic carbocycles. The highest BCUT2D eigenvalue weighted by Gasteiger charge is 2.31. The molecule has 7 nitrogen and oxygen atoms in total. The lowest BCUT2D eigenvalue weighted by Gasteiger charge is -2.20. The summed E-state index contributed by atoms with van der Waals surface area (Å²) in [6, 6.07) is 15.1. The Morgan fingerprint density at radius 3 is 2.37 bits per heavy atom. The number of anilines is 1. The molecule has 7 heteroatoms. The van der Waals surface area contributed by atoms with E-state index in [1.807, 2.05) is 0 Å². The minimum Gasteiger partial charge on any atom is -0.480 e. The Morgan fingerprint density at radius 1 is 1.04 bits per heavy atom. The van der Waals surface area contributed by atoms with Crippen molar-refractivity contribution in [2.45, 2.75) is 6.92 Å². The van der Waals surface area contributed by atoms with E-state index in [4.69, 9.17) is 9.15 Å². The van der Waals surface area contributed by atoms with E-state index in [1.165, 1.54) is 0 Å². The molecule has 0 aliphatic heterocycles. The molecule has 0 fully saturated rings. The van der Waals surface area contributed by atoms with Crippen molar-refractivity contribution in [1.82, 2.24) is 0 Å². The van der Waals surface area contributed by atoms with E-state index in [9.17, 15) is 19.5 Å². The normalized spacial score (nSPS) is 10.6. The van der Waals surface area contributed by atoms with Crippen molar-refractivity contribution in [3.63, 3.8) is 0 Å². The molecule has 0 radical (unpaired) electrons. The van der Waals surface area contributed by atoms with Gasteiger partial charge in [-0.05, 0) is 19.1 Å². The number of hydrogen-bond acceptors (Lipinski definition) is 5. The minimum absolute atomic E-state index is 0.0622. The Labute approximate surface area is 154 Å². The van der Waals surface area contributed by atoms with Gasteiger partial charge in [-0.15, -0.1) is 0 Å². The van der Waals surface area contributed by atoms with Crippen molar-refractivity contribution in [1.29, 1.82) is 0 Å². The van der Waals surface area contributed by atoms with Crippen LogP contribution in [0.1, 0.15) is 23.0 Å². The number of carbonyl (C=O) groups excluding carboxylic acids is 2. The number of rotatable bonds is 6. The standard InChI is InChI=1S/C20H17NO6/c1-2-26-20(25)21(12-16(22)23)17-14-10-6-7-11-15(14)27-19(17)18(24)13-8-4-3-5-9-13/h3-11H,2,12H2,1H3,(H,22,23). The molecule has 3 aromatic rings. The van der Waals surface area contributed by atoms with Crippen molar-refractivity contribution in [2.75, 3.05) is 18.1 Å². The number of amides is 1. The highest BCUT2D eigenvalue weighted by atomic mass is 16.6. The van der Waals surface area contributed by atoms with Crippen LogP contribution in [0.25, 0.3) is 11.0 Å². The van der Waals surface area contributed by atoms with Crippen molar-refractivity contribution in [3.8, 4) is 0 Å². The molecule has 0 saturated heterocycles. The first-order valence-electron chi connectivity index (χ1n) is 8.30. The average molecular weight is 367 g/mol. The summed E-state index contributed by atoms with van der Waals surface area (Å²) >= 11 is 0. The van der Waals surface area contributed by atoms with Gasteiger partial charge >= 0.3 is 12.1 Å². The maximum atomic E-state index is 13.0. The predicted molar refractivity (Wildman–Crippen MR) is 98.1 cm³/mol. The van der Waals surface area contributed by atoms with Crippen LogP contribution in [0.3, 0.4) is 0 Å². The second kappa shape index (κ2) is 7.74. The van der Waals surface area contributed by atoms with Gasteiger partial charge in [0.25, 0.3) is 0 Å². The Bertz CT molecular complexity index is 992. The smallest absolute Gasteiger partial charge is 0.414 e. The van der Waals surface area contributed by atoms with E-state index in [-0.39, 0.29) is 18.1 Å². The average Bonchev–Trinajstić information content (AvgIpc) is 3.05. The molecular formula is C20H17NO6. The first kappa shape index (κ1) is 18.2. The summed E-state index contributed by atoms with van der Waals surface area (Å²) < 4.78 is 10.7. The number of carboxylic acids is 1. The zero-order chi connectivity index (χ0) is 19.4. The quantitative estimate of drug-likeness (QED) is 0.667. The zero-order valence-corrected chi connectivity index (χ0v) is 14.5. The highest BCUT2D eigenvalue weighted by Crippen LogP contribution is 2.35. The van der Waals surface area contributed by atoms with Gasteiger partial charge in [-0.2, -0.15) is 0 Å². The van der Waals surface area contributed by atoms with Gasteiger partial charge in [0, 0.05) is 10.9 Å². The summed E-state index contributed by atoms with van der Waals surface area (Å²) in [4.78, 5) is 37.7. The summed E-state index contributed by atoms with van der Waals surface area (Å²) in [5.74, 6) is -1.82. The minimum atomic E-state index is -1.24. The predicted octanol–water partition coefficient (Wildman–Crippen LogP) is 3.71. The van der Waals surface area contributed by atoms with Crippen LogP contribution in [-0.4, -0.2) is 36.1 Å². The van der Waals surface area contributed by atoms with E-state index >= 15 is 0 Å². The molecule has 0 atom stereocenters. The van der Waals surface area contributed by atoms with Crippen molar-refractivity contribution >= 4 is 34.5 Å². The van der Waals surface area contributed by atoms with Gasteiger partial charge in [-0.25, -0.2) is 4.79 Å². The Balaban J connectivity index is 2.21. The molecule has 0 saturated carbocycles. The lowest BCUT2D eigenvalue weighted by molar-refractivity contribution is -0.135. The molecule has 1 heterocycles. The number of hydrogen-bond donors (Lipinski definition) is 1. The van der Waals surface area contributed by atoms with Crippen LogP contribution in [0, 0.1) is 0 Å². The number of furan rings is 1. The second-order valence-corrected chi connectivity index (χ2v) is 5.65. The van der Waals surface area contributed by atoms with Gasteiger partial charge in [0.15, 0.2) is 5.76 Å². The number of carbonyl (C=O) groups is 3. The molecule has 1 N–H and O–H groups in total. The lowest BCUT2D eigenvalue weighted by atomic mass is 10.1. The van der Waals surface area contributed by atoms with Crippen LogP contribution in [0.15, 0.2) is 59.0 Å². The van der Waals surface area contributed by atoms with E-state index in [1.54, 1.807) is 61.5 Å². The fourth-order valence-corrected chi connectivity index (χ4v) is 2.75. The fraction of sp³-hybridized carbons (Fsp3) is 0.150. The number of aliphatic carboxylic acids is 1. The summed E-state index contributed by atoms with van der Waals surface area (Å²) in [5.41, 5.74) is 0.809. The maximum absolute atomic E-state index is 13.0. The lowest BCUT2D eigenvalue weighted by Crippen LogP contribution is -2.37. The first-order chi connectivity index (χ1) is 13.0. The van der Waals surface area contributed by atoms with E-state index < -0.39 is 24.4 Å². The SMILES string of the molecule is CCOC(=O)N(CC(=O)O)c1c(C(=O)c2ccccc2)oc2ccccc12. The maximum Gasteiger partial charge on any atom is 0.414 e. The second-order valence-electron chi connectivity index (χ2n) is 5.65. The number of para-hydroxylation sites is 1. The third kappa shape index (κ3) is 3.67. The number of benzene rings is 2. The highest BCUT2D eigenvalue weighted by molar-refractivity contribution is 6.17. The third-order valence-corrected chi connectivity index (χ3v) is 3.86. The number of ether oxygens (including phenoxy) is 1. The van der Waals surface area contributed by atoms with Gasteiger partial charge in [0.05, 0.1) is 6.61 Å². The number of fused-ring (bicyclic) bond motifs is 1. The zero-order valence-electron chi connectivity index (χ0n) is 14.5. The molecule has 0 aliphatic rings. The molecule has 0 bridgehead atoms. The van der Waals surface area contributed by atoms with E-state index in [0.29, 0.717) is 16.5 Å². The van der Waals surface area contributed by atoms with Gasteiger partial charge in [-0.3, -0.25) is 14.5 Å². The molecular weight excluding hydrogens is 350 g/mol.